The lowest BCUT2D eigenvalue weighted by atomic mass is 10.1. The third-order valence-electron chi connectivity index (χ3n) is 5.14. The summed E-state index contributed by atoms with van der Waals surface area (Å²) in [4.78, 5) is 16.9. The zero-order valence-electron chi connectivity index (χ0n) is 18.0. The molecule has 0 fully saturated rings. The molecule has 0 saturated carbocycles. The number of sulfonamides is 1. The highest BCUT2D eigenvalue weighted by atomic mass is 32.2. The molecule has 1 N–H and O–H groups in total. The summed E-state index contributed by atoms with van der Waals surface area (Å²) in [7, 11) is -3.65. The van der Waals surface area contributed by atoms with Crippen molar-refractivity contribution in [2.75, 3.05) is 18.4 Å². The third-order valence-corrected chi connectivity index (χ3v) is 7.33. The largest absolute Gasteiger partial charge is 0.322 e. The number of nitrogens with zero attached hydrogens (tertiary/aromatic N) is 2. The van der Waals surface area contributed by atoms with Gasteiger partial charge in [-0.25, -0.2) is 8.42 Å². The Balaban J connectivity index is 1.76. The number of pyridine rings is 1. The quantitative estimate of drug-likeness (QED) is 0.571. The van der Waals surface area contributed by atoms with Crippen molar-refractivity contribution in [2.45, 2.75) is 32.1 Å². The highest BCUT2D eigenvalue weighted by molar-refractivity contribution is 7.89. The number of benzene rings is 2. The summed E-state index contributed by atoms with van der Waals surface area (Å²) < 4.78 is 27.2. The summed E-state index contributed by atoms with van der Waals surface area (Å²) >= 11 is 0. The summed E-state index contributed by atoms with van der Waals surface area (Å²) in [5.41, 5.74) is 3.85. The van der Waals surface area contributed by atoms with Crippen molar-refractivity contribution in [3.8, 4) is 0 Å². The number of rotatable bonds is 8. The minimum atomic E-state index is -3.65. The van der Waals surface area contributed by atoms with Crippen LogP contribution in [0.4, 0.5) is 5.69 Å². The number of anilines is 1. The standard InChI is InChI=1S/C24H27N3O3S/c1-4-27(5-2)31(29,30)23-17-21(9-6-18(23)3)24(28)26-22-10-7-19(8-11-22)16-20-12-14-25-15-13-20/h6-15,17H,4-5,16H2,1-3H3,(H,26,28). The Morgan fingerprint density at radius 3 is 2.16 bits per heavy atom. The van der Waals surface area contributed by atoms with Crippen molar-refractivity contribution in [1.29, 1.82) is 0 Å². The summed E-state index contributed by atoms with van der Waals surface area (Å²) in [6, 6.07) is 16.3. The van der Waals surface area contributed by atoms with E-state index in [0.29, 0.717) is 29.9 Å². The molecule has 3 aromatic rings. The maximum atomic E-state index is 12.9. The number of aromatic nitrogens is 1. The second-order valence-corrected chi connectivity index (χ2v) is 9.16. The van der Waals surface area contributed by atoms with Gasteiger partial charge in [0.05, 0.1) is 4.90 Å². The topological polar surface area (TPSA) is 79.4 Å². The lowest BCUT2D eigenvalue weighted by Crippen LogP contribution is -2.31. The molecule has 0 bridgehead atoms. The number of carbonyl (C=O) groups excluding carboxylic acids is 1. The molecular formula is C24H27N3O3S. The van der Waals surface area contributed by atoms with E-state index in [1.165, 1.54) is 10.4 Å². The van der Waals surface area contributed by atoms with Crippen LogP contribution in [-0.4, -0.2) is 36.7 Å². The molecule has 31 heavy (non-hydrogen) atoms. The van der Waals surface area contributed by atoms with Crippen molar-refractivity contribution in [3.05, 3.63) is 89.2 Å². The van der Waals surface area contributed by atoms with E-state index in [1.54, 1.807) is 45.3 Å². The number of carbonyl (C=O) groups is 1. The molecule has 6 nitrogen and oxygen atoms in total. The highest BCUT2D eigenvalue weighted by Gasteiger charge is 2.24. The van der Waals surface area contributed by atoms with E-state index in [9.17, 15) is 13.2 Å². The van der Waals surface area contributed by atoms with Crippen molar-refractivity contribution in [3.63, 3.8) is 0 Å². The van der Waals surface area contributed by atoms with Gasteiger partial charge in [-0.1, -0.05) is 32.0 Å². The average Bonchev–Trinajstić information content (AvgIpc) is 2.76. The molecule has 3 rings (SSSR count). The number of nitrogens with one attached hydrogen (secondary N) is 1. The van der Waals surface area contributed by atoms with Crippen LogP contribution >= 0.6 is 0 Å². The van der Waals surface area contributed by atoms with Gasteiger partial charge in [-0.2, -0.15) is 4.31 Å². The fraction of sp³-hybridized carbons (Fsp3) is 0.250. The lowest BCUT2D eigenvalue weighted by molar-refractivity contribution is 0.102. The highest BCUT2D eigenvalue weighted by Crippen LogP contribution is 2.22. The Labute approximate surface area is 184 Å². The fourth-order valence-electron chi connectivity index (χ4n) is 3.37. The van der Waals surface area contributed by atoms with E-state index in [2.05, 4.69) is 10.3 Å². The van der Waals surface area contributed by atoms with Crippen molar-refractivity contribution in [1.82, 2.24) is 9.29 Å². The maximum absolute atomic E-state index is 12.9. The van der Waals surface area contributed by atoms with Crippen LogP contribution in [0.2, 0.25) is 0 Å². The minimum Gasteiger partial charge on any atom is -0.322 e. The summed E-state index contributed by atoms with van der Waals surface area (Å²) in [5, 5.41) is 2.85. The van der Waals surface area contributed by atoms with Gasteiger partial charge in [0, 0.05) is 36.7 Å². The first-order valence-corrected chi connectivity index (χ1v) is 11.7. The molecule has 0 aliphatic carbocycles. The lowest BCUT2D eigenvalue weighted by Gasteiger charge is -2.20. The van der Waals surface area contributed by atoms with Crippen molar-refractivity contribution >= 4 is 21.6 Å². The summed E-state index contributed by atoms with van der Waals surface area (Å²) in [6.07, 6.45) is 4.31. The van der Waals surface area contributed by atoms with Gasteiger partial charge in [-0.3, -0.25) is 9.78 Å². The van der Waals surface area contributed by atoms with E-state index in [-0.39, 0.29) is 10.8 Å². The first-order chi connectivity index (χ1) is 14.8. The maximum Gasteiger partial charge on any atom is 0.255 e. The second kappa shape index (κ2) is 9.85. The molecule has 0 atom stereocenters. The van der Waals surface area contributed by atoms with Crippen LogP contribution in [0.25, 0.3) is 0 Å². The van der Waals surface area contributed by atoms with Crippen LogP contribution in [0.5, 0.6) is 0 Å². The van der Waals surface area contributed by atoms with Gasteiger partial charge < -0.3 is 5.32 Å². The molecule has 0 aliphatic heterocycles. The van der Waals surface area contributed by atoms with Crippen LogP contribution in [0.3, 0.4) is 0 Å². The smallest absolute Gasteiger partial charge is 0.255 e. The van der Waals surface area contributed by atoms with E-state index in [1.807, 2.05) is 36.4 Å². The monoisotopic (exact) mass is 437 g/mol. The molecule has 0 radical (unpaired) electrons. The van der Waals surface area contributed by atoms with Crippen LogP contribution in [-0.2, 0) is 16.4 Å². The van der Waals surface area contributed by atoms with Crippen molar-refractivity contribution < 1.29 is 13.2 Å². The average molecular weight is 438 g/mol. The summed E-state index contributed by atoms with van der Waals surface area (Å²) in [6.45, 7) is 6.08. The molecule has 0 aliphatic rings. The Kier molecular flexibility index (Phi) is 7.20. The molecule has 7 heteroatoms. The Hall–Kier alpha value is -3.03. The van der Waals surface area contributed by atoms with Crippen LogP contribution in [0.1, 0.15) is 40.9 Å². The molecule has 0 unspecified atom stereocenters. The summed E-state index contributed by atoms with van der Waals surface area (Å²) in [5.74, 6) is -0.349. The molecule has 162 valence electrons. The predicted molar refractivity (Wildman–Crippen MR) is 123 cm³/mol. The van der Waals surface area contributed by atoms with Gasteiger partial charge in [-0.05, 0) is 66.4 Å². The van der Waals surface area contributed by atoms with Gasteiger partial charge in [0.15, 0.2) is 0 Å². The van der Waals surface area contributed by atoms with Gasteiger partial charge in [0.1, 0.15) is 0 Å². The van der Waals surface area contributed by atoms with E-state index < -0.39 is 10.0 Å². The van der Waals surface area contributed by atoms with Gasteiger partial charge in [0.25, 0.3) is 5.91 Å². The van der Waals surface area contributed by atoms with Gasteiger partial charge in [-0.15, -0.1) is 0 Å². The number of amides is 1. The van der Waals surface area contributed by atoms with E-state index >= 15 is 0 Å². The molecule has 2 aromatic carbocycles. The number of hydrogen-bond acceptors (Lipinski definition) is 4. The zero-order chi connectivity index (χ0) is 22.4. The number of hydrogen-bond donors (Lipinski definition) is 1. The minimum absolute atomic E-state index is 0.163. The SMILES string of the molecule is CCN(CC)S(=O)(=O)c1cc(C(=O)Nc2ccc(Cc3ccncc3)cc2)ccc1C. The van der Waals surface area contributed by atoms with Gasteiger partial charge in [0.2, 0.25) is 10.0 Å². The second-order valence-electron chi connectivity index (χ2n) is 7.25. The third kappa shape index (κ3) is 5.37. The van der Waals surface area contributed by atoms with Crippen LogP contribution in [0.15, 0.2) is 71.9 Å². The fourth-order valence-corrected chi connectivity index (χ4v) is 5.08. The first kappa shape index (κ1) is 22.7. The zero-order valence-corrected chi connectivity index (χ0v) is 18.8. The normalized spacial score (nSPS) is 11.5. The predicted octanol–water partition coefficient (Wildman–Crippen LogP) is 4.26. The van der Waals surface area contributed by atoms with Crippen LogP contribution < -0.4 is 5.32 Å². The molecule has 0 spiro atoms. The Bertz CT molecular complexity index is 1140. The van der Waals surface area contributed by atoms with Gasteiger partial charge >= 0.3 is 0 Å². The van der Waals surface area contributed by atoms with E-state index in [0.717, 1.165) is 17.5 Å². The number of aryl methyl sites for hydroxylation is 1. The Morgan fingerprint density at radius 1 is 0.935 bits per heavy atom. The molecular weight excluding hydrogens is 410 g/mol. The van der Waals surface area contributed by atoms with Crippen LogP contribution in [0, 0.1) is 6.92 Å². The van der Waals surface area contributed by atoms with E-state index in [4.69, 9.17) is 0 Å². The first-order valence-electron chi connectivity index (χ1n) is 10.2. The molecule has 1 heterocycles. The van der Waals surface area contributed by atoms with Crippen molar-refractivity contribution in [2.24, 2.45) is 0 Å². The molecule has 1 amide bonds. The Morgan fingerprint density at radius 2 is 1.55 bits per heavy atom. The molecule has 0 saturated heterocycles. The molecule has 1 aromatic heterocycles.